The van der Waals surface area contributed by atoms with Crippen LogP contribution in [-0.4, -0.2) is 65.4 Å². The van der Waals surface area contributed by atoms with Crippen LogP contribution in [0.15, 0.2) is 0 Å². The maximum Gasteiger partial charge on any atom is 0.433 e. The van der Waals surface area contributed by atoms with E-state index in [-0.39, 0.29) is 36.9 Å². The van der Waals surface area contributed by atoms with Crippen molar-refractivity contribution in [3.63, 3.8) is 0 Å². The average molecular weight is 413 g/mol. The molecule has 2 fully saturated rings. The van der Waals surface area contributed by atoms with E-state index in [1.807, 2.05) is 20.8 Å². The van der Waals surface area contributed by atoms with Gasteiger partial charge in [-0.05, 0) is 19.3 Å². The summed E-state index contributed by atoms with van der Waals surface area (Å²) in [6.45, 7) is 5.91. The predicted molar refractivity (Wildman–Crippen MR) is 104 cm³/mol. The topological polar surface area (TPSA) is 113 Å². The molecule has 5 amide bonds. The van der Waals surface area contributed by atoms with E-state index < -0.39 is 22.5 Å². The van der Waals surface area contributed by atoms with E-state index >= 15 is 0 Å². The van der Waals surface area contributed by atoms with Crippen molar-refractivity contribution in [1.82, 2.24) is 10.4 Å². The van der Waals surface area contributed by atoms with Crippen molar-refractivity contribution < 1.29 is 33.6 Å². The van der Waals surface area contributed by atoms with Crippen LogP contribution < -0.4 is 5.32 Å². The number of amides is 5. The summed E-state index contributed by atoms with van der Waals surface area (Å²) in [6, 6.07) is -1.10. The van der Waals surface area contributed by atoms with Gasteiger partial charge in [-0.15, -0.1) is 0 Å². The lowest BCUT2D eigenvalue weighted by molar-refractivity contribution is -0.791. The van der Waals surface area contributed by atoms with Crippen molar-refractivity contribution in [2.45, 2.75) is 65.3 Å². The molecule has 1 saturated carbocycles. The van der Waals surface area contributed by atoms with Gasteiger partial charge >= 0.3 is 18.0 Å². The smallest absolute Gasteiger partial charge is 0.433 e. The number of imide groups is 2. The molecule has 1 saturated heterocycles. The Morgan fingerprint density at radius 1 is 1.31 bits per heavy atom. The first-order valence-electron chi connectivity index (χ1n) is 10.3. The number of urea groups is 1. The molecule has 0 aromatic carbocycles. The Hall–Kier alpha value is -2.00. The minimum absolute atomic E-state index is 0.169. The van der Waals surface area contributed by atoms with Crippen molar-refractivity contribution in [2.24, 2.45) is 17.3 Å². The fourth-order valence-corrected chi connectivity index (χ4v) is 4.88. The van der Waals surface area contributed by atoms with Crippen LogP contribution in [0, 0.1) is 17.3 Å². The molecule has 1 heterocycles. The third kappa shape index (κ3) is 4.78. The molecule has 1 aliphatic carbocycles. The monoisotopic (exact) mass is 412 g/mol. The van der Waals surface area contributed by atoms with Crippen LogP contribution >= 0.6 is 0 Å². The van der Waals surface area contributed by atoms with Gasteiger partial charge in [0.15, 0.2) is 0 Å². The molecule has 0 bridgehead atoms. The van der Waals surface area contributed by atoms with Crippen molar-refractivity contribution in [3.05, 3.63) is 0 Å². The molecule has 2 N–H and O–H groups in total. The van der Waals surface area contributed by atoms with Crippen molar-refractivity contribution in [1.29, 1.82) is 0 Å². The summed E-state index contributed by atoms with van der Waals surface area (Å²) in [6.07, 6.45) is 4.65. The highest BCUT2D eigenvalue weighted by Gasteiger charge is 2.61. The number of carbonyl (C=O) groups is 4. The molecule has 0 radical (unpaired) electrons. The molecule has 1 aliphatic heterocycles. The summed E-state index contributed by atoms with van der Waals surface area (Å²) in [5.74, 6) is -0.746. The number of hydrogen-bond donors (Lipinski definition) is 2. The maximum atomic E-state index is 13.8. The standard InChI is InChI=1S/C20H33N3O6/c1-14-20(2,3)9-10-23(14,18(26)21-19(27)29-4)17(25)16(12-22(28)13-24)11-15-7-5-6-8-15/h13-16,28H,5-12H2,1-4H3/p+1/t14-,16-,23?/m1/s1. The fourth-order valence-electron chi connectivity index (χ4n) is 4.88. The summed E-state index contributed by atoms with van der Waals surface area (Å²) < 4.78 is 4.02. The molecular weight excluding hydrogens is 378 g/mol. The molecule has 2 rings (SSSR count). The zero-order valence-corrected chi connectivity index (χ0v) is 17.8. The minimum atomic E-state index is -0.916. The second kappa shape index (κ2) is 9.21. The number of rotatable bonds is 6. The number of quaternary nitrogens is 1. The van der Waals surface area contributed by atoms with Crippen LogP contribution in [0.3, 0.4) is 0 Å². The summed E-state index contributed by atoms with van der Waals surface area (Å²) >= 11 is 0. The molecule has 9 heteroatoms. The molecule has 2 aliphatic rings. The lowest BCUT2D eigenvalue weighted by Gasteiger charge is -2.38. The van der Waals surface area contributed by atoms with Gasteiger partial charge < -0.3 is 4.74 Å². The van der Waals surface area contributed by atoms with Crippen molar-refractivity contribution >= 4 is 24.4 Å². The molecule has 0 aromatic heterocycles. The van der Waals surface area contributed by atoms with Gasteiger partial charge in [-0.3, -0.25) is 10.0 Å². The van der Waals surface area contributed by atoms with E-state index in [9.17, 15) is 24.4 Å². The number of nitrogens with zero attached hydrogens (tertiary/aromatic N) is 2. The third-order valence-electron chi connectivity index (χ3n) is 7.02. The molecule has 3 atom stereocenters. The van der Waals surface area contributed by atoms with Gasteiger partial charge in [-0.1, -0.05) is 39.5 Å². The normalized spacial score (nSPS) is 27.3. The highest BCUT2D eigenvalue weighted by atomic mass is 16.5. The molecule has 9 nitrogen and oxygen atoms in total. The van der Waals surface area contributed by atoms with E-state index in [0.29, 0.717) is 23.8 Å². The predicted octanol–water partition coefficient (Wildman–Crippen LogP) is 2.67. The average Bonchev–Trinajstić information content (AvgIpc) is 3.27. The van der Waals surface area contributed by atoms with E-state index in [1.54, 1.807) is 0 Å². The van der Waals surface area contributed by atoms with Crippen LogP contribution in [0.25, 0.3) is 0 Å². The molecule has 0 spiro atoms. The highest BCUT2D eigenvalue weighted by molar-refractivity contribution is 5.93. The van der Waals surface area contributed by atoms with Crippen molar-refractivity contribution in [3.8, 4) is 0 Å². The van der Waals surface area contributed by atoms with Crippen LogP contribution in [-0.2, 0) is 14.3 Å². The number of methoxy groups -OCH3 is 1. The Bertz CT molecular complexity index is 646. The fraction of sp³-hybridized carbons (Fsp3) is 0.800. The van der Waals surface area contributed by atoms with Gasteiger partial charge in [-0.2, -0.15) is 4.48 Å². The molecule has 29 heavy (non-hydrogen) atoms. The molecule has 1 unspecified atom stereocenters. The number of hydroxylamine groups is 2. The summed E-state index contributed by atoms with van der Waals surface area (Å²) in [5.41, 5.74) is -0.301. The minimum Gasteiger partial charge on any atom is -0.452 e. The van der Waals surface area contributed by atoms with Crippen LogP contribution in [0.4, 0.5) is 9.59 Å². The van der Waals surface area contributed by atoms with Gasteiger partial charge in [0.25, 0.3) is 0 Å². The number of nitrogens with one attached hydrogen (secondary N) is 1. The largest absolute Gasteiger partial charge is 0.452 e. The second-order valence-electron chi connectivity index (χ2n) is 9.08. The van der Waals surface area contributed by atoms with E-state index in [0.717, 1.165) is 32.8 Å². The van der Waals surface area contributed by atoms with Crippen LogP contribution in [0.2, 0.25) is 0 Å². The van der Waals surface area contributed by atoms with Crippen molar-refractivity contribution in [2.75, 3.05) is 20.2 Å². The highest BCUT2D eigenvalue weighted by Crippen LogP contribution is 2.44. The zero-order valence-electron chi connectivity index (χ0n) is 17.8. The first-order chi connectivity index (χ1) is 13.6. The van der Waals surface area contributed by atoms with Gasteiger partial charge in [0.1, 0.15) is 6.04 Å². The van der Waals surface area contributed by atoms with Gasteiger partial charge in [-0.25, -0.2) is 24.8 Å². The lowest BCUT2D eigenvalue weighted by Crippen LogP contribution is -2.67. The summed E-state index contributed by atoms with van der Waals surface area (Å²) in [7, 11) is 1.16. The van der Waals surface area contributed by atoms with E-state index in [1.165, 1.54) is 0 Å². The summed E-state index contributed by atoms with van der Waals surface area (Å²) in [5, 5.41) is 12.5. The number of likely N-dealkylation sites (tertiary alicyclic amines) is 1. The quantitative estimate of drug-likeness (QED) is 0.300. The second-order valence-corrected chi connectivity index (χ2v) is 9.08. The maximum absolute atomic E-state index is 13.8. The first kappa shape index (κ1) is 23.3. The Morgan fingerprint density at radius 3 is 2.41 bits per heavy atom. The third-order valence-corrected chi connectivity index (χ3v) is 7.02. The van der Waals surface area contributed by atoms with Gasteiger partial charge in [0.05, 0.1) is 26.1 Å². The van der Waals surface area contributed by atoms with Gasteiger partial charge in [0, 0.05) is 11.8 Å². The van der Waals surface area contributed by atoms with Crippen LogP contribution in [0.5, 0.6) is 0 Å². The number of hydrogen-bond acceptors (Lipinski definition) is 6. The Labute approximate surface area is 171 Å². The Balaban J connectivity index is 2.39. The number of carbonyl (C=O) groups excluding carboxylic acids is 4. The summed E-state index contributed by atoms with van der Waals surface area (Å²) in [4.78, 5) is 49.7. The number of ether oxygens (including phenoxy) is 1. The lowest BCUT2D eigenvalue weighted by atomic mass is 9.84. The van der Waals surface area contributed by atoms with Crippen LogP contribution in [0.1, 0.15) is 59.3 Å². The molecule has 164 valence electrons. The zero-order chi connectivity index (χ0) is 21.8. The van der Waals surface area contributed by atoms with Gasteiger partial charge in [0.2, 0.25) is 6.41 Å². The first-order valence-corrected chi connectivity index (χ1v) is 10.3. The molecular formula is C20H34N3O6+. The molecule has 0 aromatic rings. The van der Waals surface area contributed by atoms with E-state index in [4.69, 9.17) is 0 Å². The Morgan fingerprint density at radius 2 is 1.93 bits per heavy atom. The Kier molecular flexibility index (Phi) is 7.40. The van der Waals surface area contributed by atoms with E-state index in [2.05, 4.69) is 10.1 Å². The SMILES string of the molecule is COC(=O)NC(=O)[N+]1(C(=O)[C@H](CC2CCCC2)CN(O)C=O)CCC(C)(C)[C@H]1C. The number of alkyl carbamates (subject to hydrolysis) is 1.